The van der Waals surface area contributed by atoms with Gasteiger partial charge in [0.25, 0.3) is 0 Å². The van der Waals surface area contributed by atoms with Crippen LogP contribution in [0.5, 0.6) is 0 Å². The standard InChI is InChI=1S/C21H28N2O/c1-24-18-21(22-16-19-8-4-2-5-9-19)12-14-23(15-13-21)17-20-10-6-3-7-11-20/h2-11,22H,12-18H2,1H3. The van der Waals surface area contributed by atoms with Crippen molar-refractivity contribution >= 4 is 0 Å². The summed E-state index contributed by atoms with van der Waals surface area (Å²) in [5, 5.41) is 3.79. The second-order valence-electron chi connectivity index (χ2n) is 6.81. The average Bonchev–Trinajstić information content (AvgIpc) is 2.64. The van der Waals surface area contributed by atoms with E-state index in [1.807, 2.05) is 7.11 Å². The van der Waals surface area contributed by atoms with E-state index in [1.54, 1.807) is 0 Å². The van der Waals surface area contributed by atoms with Crippen LogP contribution in [0.1, 0.15) is 24.0 Å². The fourth-order valence-electron chi connectivity index (χ4n) is 3.51. The summed E-state index contributed by atoms with van der Waals surface area (Å²) in [4.78, 5) is 2.55. The summed E-state index contributed by atoms with van der Waals surface area (Å²) in [6, 6.07) is 21.4. The molecule has 3 heteroatoms. The fraction of sp³-hybridized carbons (Fsp3) is 0.429. The molecule has 1 aliphatic rings. The molecule has 0 atom stereocenters. The smallest absolute Gasteiger partial charge is 0.0645 e. The van der Waals surface area contributed by atoms with Crippen molar-refractivity contribution in [1.29, 1.82) is 0 Å². The summed E-state index contributed by atoms with van der Waals surface area (Å²) in [5.41, 5.74) is 2.83. The van der Waals surface area contributed by atoms with Gasteiger partial charge in [-0.15, -0.1) is 0 Å². The zero-order chi connectivity index (χ0) is 16.7. The Morgan fingerprint density at radius 3 is 2.08 bits per heavy atom. The lowest BCUT2D eigenvalue weighted by Crippen LogP contribution is -2.55. The summed E-state index contributed by atoms with van der Waals surface area (Å²) in [6.45, 7) is 4.95. The number of hydrogen-bond donors (Lipinski definition) is 1. The molecule has 1 fully saturated rings. The van der Waals surface area contributed by atoms with E-state index in [1.165, 1.54) is 11.1 Å². The van der Waals surface area contributed by atoms with Gasteiger partial charge in [0.05, 0.1) is 6.61 Å². The molecule has 1 aliphatic heterocycles. The second-order valence-corrected chi connectivity index (χ2v) is 6.81. The van der Waals surface area contributed by atoms with Crippen molar-refractivity contribution in [2.75, 3.05) is 26.8 Å². The highest BCUT2D eigenvalue weighted by Crippen LogP contribution is 2.24. The van der Waals surface area contributed by atoms with Crippen LogP contribution in [0.25, 0.3) is 0 Å². The fourth-order valence-corrected chi connectivity index (χ4v) is 3.51. The van der Waals surface area contributed by atoms with Crippen LogP contribution in [0.4, 0.5) is 0 Å². The second kappa shape index (κ2) is 8.43. The summed E-state index contributed by atoms with van der Waals surface area (Å²) in [7, 11) is 1.81. The van der Waals surface area contributed by atoms with Crippen LogP contribution in [0.2, 0.25) is 0 Å². The van der Waals surface area contributed by atoms with Crippen LogP contribution < -0.4 is 5.32 Å². The molecule has 0 unspecified atom stereocenters. The molecular formula is C21H28N2O. The highest BCUT2D eigenvalue weighted by Gasteiger charge is 2.34. The first kappa shape index (κ1) is 17.2. The van der Waals surface area contributed by atoms with Crippen LogP contribution >= 0.6 is 0 Å². The molecule has 0 bridgehead atoms. The molecule has 128 valence electrons. The average molecular weight is 324 g/mol. The Kier molecular flexibility index (Phi) is 6.02. The molecule has 1 N–H and O–H groups in total. The van der Waals surface area contributed by atoms with Crippen molar-refractivity contribution < 1.29 is 4.74 Å². The third kappa shape index (κ3) is 4.67. The minimum absolute atomic E-state index is 0.0950. The van der Waals surface area contributed by atoms with Gasteiger partial charge in [0.2, 0.25) is 0 Å². The number of methoxy groups -OCH3 is 1. The first-order valence-corrected chi connectivity index (χ1v) is 8.84. The number of nitrogens with zero attached hydrogens (tertiary/aromatic N) is 1. The number of likely N-dealkylation sites (tertiary alicyclic amines) is 1. The van der Waals surface area contributed by atoms with Gasteiger partial charge in [0, 0.05) is 38.8 Å². The molecule has 0 amide bonds. The van der Waals surface area contributed by atoms with Crippen molar-refractivity contribution in [3.63, 3.8) is 0 Å². The molecule has 0 aromatic heterocycles. The summed E-state index contributed by atoms with van der Waals surface area (Å²) in [5.74, 6) is 0. The van der Waals surface area contributed by atoms with Crippen molar-refractivity contribution in [3.8, 4) is 0 Å². The van der Waals surface area contributed by atoms with E-state index in [0.29, 0.717) is 0 Å². The quantitative estimate of drug-likeness (QED) is 0.844. The summed E-state index contributed by atoms with van der Waals surface area (Å²) < 4.78 is 5.55. The van der Waals surface area contributed by atoms with Gasteiger partial charge < -0.3 is 10.1 Å². The van der Waals surface area contributed by atoms with E-state index in [2.05, 4.69) is 70.9 Å². The highest BCUT2D eigenvalue weighted by molar-refractivity contribution is 5.16. The van der Waals surface area contributed by atoms with Crippen LogP contribution in [-0.2, 0) is 17.8 Å². The molecule has 2 aromatic rings. The molecular weight excluding hydrogens is 296 g/mol. The van der Waals surface area contributed by atoms with E-state index in [9.17, 15) is 0 Å². The molecule has 0 saturated carbocycles. The molecule has 2 aromatic carbocycles. The maximum Gasteiger partial charge on any atom is 0.0645 e. The first-order valence-electron chi connectivity index (χ1n) is 8.84. The van der Waals surface area contributed by atoms with Gasteiger partial charge in [0.1, 0.15) is 0 Å². The number of benzene rings is 2. The normalized spacial score (nSPS) is 17.7. The first-order chi connectivity index (χ1) is 11.8. The molecule has 24 heavy (non-hydrogen) atoms. The third-order valence-corrected chi connectivity index (χ3v) is 4.99. The van der Waals surface area contributed by atoms with Crippen molar-refractivity contribution in [2.45, 2.75) is 31.5 Å². The van der Waals surface area contributed by atoms with Gasteiger partial charge >= 0.3 is 0 Å². The molecule has 1 heterocycles. The van der Waals surface area contributed by atoms with E-state index >= 15 is 0 Å². The number of rotatable bonds is 7. The van der Waals surface area contributed by atoms with Gasteiger partial charge in [-0.1, -0.05) is 60.7 Å². The van der Waals surface area contributed by atoms with E-state index < -0.39 is 0 Å². The molecule has 0 radical (unpaired) electrons. The van der Waals surface area contributed by atoms with E-state index in [-0.39, 0.29) is 5.54 Å². The monoisotopic (exact) mass is 324 g/mol. The topological polar surface area (TPSA) is 24.5 Å². The Morgan fingerprint density at radius 2 is 1.50 bits per heavy atom. The lowest BCUT2D eigenvalue weighted by atomic mass is 9.87. The van der Waals surface area contributed by atoms with Crippen molar-refractivity contribution in [2.24, 2.45) is 0 Å². The molecule has 0 aliphatic carbocycles. The third-order valence-electron chi connectivity index (χ3n) is 4.99. The molecule has 0 spiro atoms. The summed E-state index contributed by atoms with van der Waals surface area (Å²) >= 11 is 0. The predicted octanol–water partition coefficient (Wildman–Crippen LogP) is 3.46. The molecule has 3 nitrogen and oxygen atoms in total. The highest BCUT2D eigenvalue weighted by atomic mass is 16.5. The zero-order valence-corrected chi connectivity index (χ0v) is 14.6. The number of hydrogen-bond acceptors (Lipinski definition) is 3. The van der Waals surface area contributed by atoms with Gasteiger partial charge in [-0.25, -0.2) is 0 Å². The minimum atomic E-state index is 0.0950. The van der Waals surface area contributed by atoms with Gasteiger partial charge in [-0.05, 0) is 24.0 Å². The Balaban J connectivity index is 1.55. The maximum atomic E-state index is 5.55. The Morgan fingerprint density at radius 1 is 0.917 bits per heavy atom. The Bertz CT molecular complexity index is 592. The SMILES string of the molecule is COCC1(NCc2ccccc2)CCN(Cc2ccccc2)CC1. The van der Waals surface area contributed by atoms with E-state index in [0.717, 1.165) is 45.6 Å². The van der Waals surface area contributed by atoms with Gasteiger partial charge in [0.15, 0.2) is 0 Å². The van der Waals surface area contributed by atoms with Crippen molar-refractivity contribution in [3.05, 3.63) is 71.8 Å². The van der Waals surface area contributed by atoms with Crippen LogP contribution in [0, 0.1) is 0 Å². The van der Waals surface area contributed by atoms with Gasteiger partial charge in [-0.2, -0.15) is 0 Å². The Labute approximate surface area is 145 Å². The van der Waals surface area contributed by atoms with Crippen LogP contribution in [0.3, 0.4) is 0 Å². The maximum absolute atomic E-state index is 5.55. The van der Waals surface area contributed by atoms with Crippen LogP contribution in [0.15, 0.2) is 60.7 Å². The number of piperidine rings is 1. The van der Waals surface area contributed by atoms with E-state index in [4.69, 9.17) is 4.74 Å². The number of ether oxygens (including phenoxy) is 1. The summed E-state index contributed by atoms with van der Waals surface area (Å²) in [6.07, 6.45) is 2.25. The molecule has 1 saturated heterocycles. The van der Waals surface area contributed by atoms with Crippen molar-refractivity contribution in [1.82, 2.24) is 10.2 Å². The molecule has 3 rings (SSSR count). The number of nitrogens with one attached hydrogen (secondary N) is 1. The lowest BCUT2D eigenvalue weighted by Gasteiger charge is -2.42. The largest absolute Gasteiger partial charge is 0.383 e. The zero-order valence-electron chi connectivity index (χ0n) is 14.6. The minimum Gasteiger partial charge on any atom is -0.383 e. The van der Waals surface area contributed by atoms with Gasteiger partial charge in [-0.3, -0.25) is 4.90 Å². The lowest BCUT2D eigenvalue weighted by molar-refractivity contribution is 0.0504. The van der Waals surface area contributed by atoms with Crippen LogP contribution in [-0.4, -0.2) is 37.2 Å². The predicted molar refractivity (Wildman–Crippen MR) is 98.8 cm³/mol. The Hall–Kier alpha value is -1.68.